The highest BCUT2D eigenvalue weighted by Crippen LogP contribution is 2.42. The van der Waals surface area contributed by atoms with Crippen molar-refractivity contribution in [1.82, 2.24) is 9.88 Å². The lowest BCUT2D eigenvalue weighted by molar-refractivity contribution is 0.0714. The molecule has 2 heterocycles. The highest BCUT2D eigenvalue weighted by atomic mass is 19.1. The highest BCUT2D eigenvalue weighted by Gasteiger charge is 2.38. The van der Waals surface area contributed by atoms with Gasteiger partial charge < -0.3 is 15.0 Å². The number of aromatic nitrogens is 1. The third kappa shape index (κ3) is 2.65. The molecule has 1 saturated carbocycles. The van der Waals surface area contributed by atoms with Gasteiger partial charge >= 0.3 is 0 Å². The number of nitrogens with zero attached hydrogens (tertiary/aromatic N) is 1. The lowest BCUT2D eigenvalue weighted by atomic mass is 10.0. The molecular weight excluding hydrogens is 295 g/mol. The standard InChI is InChI=1S/C18H19FN2O2/c19-13-3-1-2-12(8-13)16-9-14(22)10-21(16)18(23)15-6-7-20-17(15)11-4-5-11/h1-3,6-8,11,14,16,20,22H,4-5,9-10H2/t14-,16-/m1/s1. The maximum absolute atomic E-state index is 13.5. The Morgan fingerprint density at radius 3 is 2.87 bits per heavy atom. The zero-order valence-electron chi connectivity index (χ0n) is 12.7. The number of benzene rings is 1. The summed E-state index contributed by atoms with van der Waals surface area (Å²) < 4.78 is 13.5. The Balaban J connectivity index is 1.65. The average molecular weight is 314 g/mol. The van der Waals surface area contributed by atoms with Crippen LogP contribution in [-0.2, 0) is 0 Å². The number of amides is 1. The molecule has 0 spiro atoms. The minimum atomic E-state index is -0.574. The summed E-state index contributed by atoms with van der Waals surface area (Å²) in [5, 5.41) is 10.0. The van der Waals surface area contributed by atoms with E-state index in [1.165, 1.54) is 12.1 Å². The Labute approximate surface area is 133 Å². The largest absolute Gasteiger partial charge is 0.391 e. The number of aromatic amines is 1. The lowest BCUT2D eigenvalue weighted by Gasteiger charge is -2.25. The first-order chi connectivity index (χ1) is 11.1. The molecule has 2 atom stereocenters. The minimum absolute atomic E-state index is 0.0843. The van der Waals surface area contributed by atoms with Crippen molar-refractivity contribution in [2.24, 2.45) is 0 Å². The Hall–Kier alpha value is -2.14. The summed E-state index contributed by atoms with van der Waals surface area (Å²) in [6.07, 6.45) is 3.88. The highest BCUT2D eigenvalue weighted by molar-refractivity contribution is 5.96. The van der Waals surface area contributed by atoms with Crippen LogP contribution in [0.3, 0.4) is 0 Å². The first kappa shape index (κ1) is 14.5. The molecule has 120 valence electrons. The summed E-state index contributed by atoms with van der Waals surface area (Å²) >= 11 is 0. The SMILES string of the molecule is O=C(c1cc[nH]c1C1CC1)N1C[C@H](O)C[C@@H]1c1cccc(F)c1. The Bertz CT molecular complexity index is 738. The first-order valence-electron chi connectivity index (χ1n) is 8.05. The third-order valence-corrected chi connectivity index (χ3v) is 4.77. The second-order valence-electron chi connectivity index (χ2n) is 6.50. The number of likely N-dealkylation sites (tertiary alicyclic amines) is 1. The molecule has 23 heavy (non-hydrogen) atoms. The van der Waals surface area contributed by atoms with Gasteiger partial charge in [0, 0.05) is 18.4 Å². The average Bonchev–Trinajstić information content (AvgIpc) is 3.12. The number of halogens is 1. The van der Waals surface area contributed by atoms with Gasteiger partial charge in [-0.15, -0.1) is 0 Å². The number of nitrogens with one attached hydrogen (secondary N) is 1. The zero-order valence-corrected chi connectivity index (χ0v) is 12.7. The monoisotopic (exact) mass is 314 g/mol. The fourth-order valence-corrected chi connectivity index (χ4v) is 3.50. The van der Waals surface area contributed by atoms with Crippen molar-refractivity contribution in [2.45, 2.75) is 37.3 Å². The predicted molar refractivity (Wildman–Crippen MR) is 83.6 cm³/mol. The number of hydrogen-bond acceptors (Lipinski definition) is 2. The molecule has 1 aliphatic carbocycles. The summed E-state index contributed by atoms with van der Waals surface area (Å²) in [5.74, 6) is 0.0414. The van der Waals surface area contributed by atoms with Crippen LogP contribution in [0.25, 0.3) is 0 Å². The molecule has 0 bridgehead atoms. The van der Waals surface area contributed by atoms with E-state index in [9.17, 15) is 14.3 Å². The summed E-state index contributed by atoms with van der Waals surface area (Å²) in [5.41, 5.74) is 2.41. The van der Waals surface area contributed by atoms with Crippen molar-refractivity contribution >= 4 is 5.91 Å². The number of β-amino-alcohol motifs (C(OH)–C–C–N with tert-alkyl or cyclic N) is 1. The summed E-state index contributed by atoms with van der Waals surface area (Å²) in [4.78, 5) is 17.8. The van der Waals surface area contributed by atoms with Gasteiger partial charge in [0.15, 0.2) is 0 Å². The zero-order chi connectivity index (χ0) is 16.0. The number of aliphatic hydroxyl groups is 1. The van der Waals surface area contributed by atoms with Gasteiger partial charge in [0.2, 0.25) is 0 Å². The number of hydrogen-bond donors (Lipinski definition) is 2. The summed E-state index contributed by atoms with van der Waals surface area (Å²) in [6.45, 7) is 0.287. The van der Waals surface area contributed by atoms with Crippen molar-refractivity contribution in [3.63, 3.8) is 0 Å². The van der Waals surface area contributed by atoms with Crippen LogP contribution in [-0.4, -0.2) is 33.5 Å². The van der Waals surface area contributed by atoms with Gasteiger partial charge in [0.05, 0.1) is 17.7 Å². The summed E-state index contributed by atoms with van der Waals surface area (Å²) in [6, 6.07) is 7.81. The van der Waals surface area contributed by atoms with Crippen LogP contribution in [0.5, 0.6) is 0 Å². The Morgan fingerprint density at radius 2 is 2.13 bits per heavy atom. The second kappa shape index (κ2) is 5.49. The van der Waals surface area contributed by atoms with Crippen molar-refractivity contribution in [3.8, 4) is 0 Å². The number of rotatable bonds is 3. The van der Waals surface area contributed by atoms with Crippen molar-refractivity contribution < 1.29 is 14.3 Å². The van der Waals surface area contributed by atoms with E-state index in [0.29, 0.717) is 17.9 Å². The molecule has 1 aromatic carbocycles. The van der Waals surface area contributed by atoms with Crippen molar-refractivity contribution in [1.29, 1.82) is 0 Å². The van der Waals surface area contributed by atoms with Crippen LogP contribution in [0.15, 0.2) is 36.5 Å². The van der Waals surface area contributed by atoms with Crippen LogP contribution < -0.4 is 0 Å². The molecule has 0 radical (unpaired) electrons. The molecule has 2 aromatic rings. The Kier molecular flexibility index (Phi) is 3.45. The van der Waals surface area contributed by atoms with E-state index in [0.717, 1.165) is 24.1 Å². The van der Waals surface area contributed by atoms with E-state index < -0.39 is 6.10 Å². The predicted octanol–water partition coefficient (Wildman–Crippen LogP) is 2.98. The molecule has 2 fully saturated rings. The maximum Gasteiger partial charge on any atom is 0.256 e. The number of aliphatic hydroxyl groups excluding tert-OH is 1. The maximum atomic E-state index is 13.5. The molecular formula is C18H19FN2O2. The molecule has 1 aliphatic heterocycles. The lowest BCUT2D eigenvalue weighted by Crippen LogP contribution is -2.32. The van der Waals surface area contributed by atoms with E-state index in [1.54, 1.807) is 17.2 Å². The molecule has 4 nitrogen and oxygen atoms in total. The van der Waals surface area contributed by atoms with Crippen molar-refractivity contribution in [3.05, 3.63) is 59.2 Å². The van der Waals surface area contributed by atoms with E-state index in [2.05, 4.69) is 4.98 Å². The van der Waals surface area contributed by atoms with E-state index in [4.69, 9.17) is 0 Å². The topological polar surface area (TPSA) is 56.3 Å². The minimum Gasteiger partial charge on any atom is -0.391 e. The second-order valence-corrected chi connectivity index (χ2v) is 6.50. The van der Waals surface area contributed by atoms with Gasteiger partial charge in [-0.1, -0.05) is 12.1 Å². The molecule has 1 amide bonds. The molecule has 2 aliphatic rings. The number of carbonyl (C=O) groups excluding carboxylic acids is 1. The molecule has 4 rings (SSSR count). The smallest absolute Gasteiger partial charge is 0.256 e. The van der Waals surface area contributed by atoms with Gasteiger partial charge in [-0.2, -0.15) is 0 Å². The fraction of sp³-hybridized carbons (Fsp3) is 0.389. The van der Waals surface area contributed by atoms with Crippen LogP contribution in [0.4, 0.5) is 4.39 Å². The van der Waals surface area contributed by atoms with Gasteiger partial charge in [0.1, 0.15) is 5.82 Å². The number of carbonyl (C=O) groups is 1. The first-order valence-corrected chi connectivity index (χ1v) is 8.05. The van der Waals surface area contributed by atoms with E-state index >= 15 is 0 Å². The molecule has 1 saturated heterocycles. The van der Waals surface area contributed by atoms with Crippen LogP contribution in [0.2, 0.25) is 0 Å². The molecule has 2 N–H and O–H groups in total. The van der Waals surface area contributed by atoms with Crippen LogP contribution in [0, 0.1) is 5.82 Å². The molecule has 1 aromatic heterocycles. The van der Waals surface area contributed by atoms with Gasteiger partial charge in [-0.3, -0.25) is 4.79 Å². The summed E-state index contributed by atoms with van der Waals surface area (Å²) in [7, 11) is 0. The molecule has 5 heteroatoms. The third-order valence-electron chi connectivity index (χ3n) is 4.77. The normalized spacial score (nSPS) is 24.2. The van der Waals surface area contributed by atoms with E-state index in [1.807, 2.05) is 12.1 Å². The number of H-pyrrole nitrogens is 1. The van der Waals surface area contributed by atoms with E-state index in [-0.39, 0.29) is 24.3 Å². The van der Waals surface area contributed by atoms with Crippen molar-refractivity contribution in [2.75, 3.05) is 6.54 Å². The van der Waals surface area contributed by atoms with Gasteiger partial charge in [0.25, 0.3) is 5.91 Å². The van der Waals surface area contributed by atoms with Gasteiger partial charge in [-0.25, -0.2) is 4.39 Å². The quantitative estimate of drug-likeness (QED) is 0.915. The van der Waals surface area contributed by atoms with Crippen LogP contribution >= 0.6 is 0 Å². The Morgan fingerprint density at radius 1 is 1.30 bits per heavy atom. The van der Waals surface area contributed by atoms with Gasteiger partial charge in [-0.05, 0) is 48.9 Å². The van der Waals surface area contributed by atoms with Crippen LogP contribution in [0.1, 0.15) is 52.8 Å². The molecule has 0 unspecified atom stereocenters. The fourth-order valence-electron chi connectivity index (χ4n) is 3.50.